The number of hydrogen-bond acceptors (Lipinski definition) is 3. The summed E-state index contributed by atoms with van der Waals surface area (Å²) < 4.78 is 5.86. The van der Waals surface area contributed by atoms with Crippen LogP contribution in [-0.2, 0) is 4.74 Å². The number of nitrogens with zero attached hydrogens (tertiary/aromatic N) is 1. The summed E-state index contributed by atoms with van der Waals surface area (Å²) in [5.74, 6) is 1.61. The summed E-state index contributed by atoms with van der Waals surface area (Å²) in [6, 6.07) is 0.778. The van der Waals surface area contributed by atoms with Crippen molar-refractivity contribution in [2.45, 2.75) is 70.4 Å². The molecule has 1 heterocycles. The van der Waals surface area contributed by atoms with E-state index in [0.29, 0.717) is 11.5 Å². The third-order valence-electron chi connectivity index (χ3n) is 5.61. The molecule has 1 saturated heterocycles. The number of piperazine rings is 1. The second-order valence-corrected chi connectivity index (χ2v) is 8.07. The van der Waals surface area contributed by atoms with E-state index in [4.69, 9.17) is 4.74 Å². The average molecular weight is 294 g/mol. The summed E-state index contributed by atoms with van der Waals surface area (Å²) in [6.45, 7) is 9.90. The predicted molar refractivity (Wildman–Crippen MR) is 87.6 cm³/mol. The zero-order valence-electron chi connectivity index (χ0n) is 14.1. The summed E-state index contributed by atoms with van der Waals surface area (Å²) >= 11 is 0. The summed E-state index contributed by atoms with van der Waals surface area (Å²) in [7, 11) is 0. The third-order valence-corrected chi connectivity index (χ3v) is 5.61. The minimum absolute atomic E-state index is 0.432. The number of nitrogens with one attached hydrogen (secondary N) is 1. The Balaban J connectivity index is 1.53. The monoisotopic (exact) mass is 294 g/mol. The van der Waals surface area contributed by atoms with Gasteiger partial charge in [-0.3, -0.25) is 4.90 Å². The highest BCUT2D eigenvalue weighted by atomic mass is 16.5. The first-order valence-electron chi connectivity index (χ1n) is 9.25. The van der Waals surface area contributed by atoms with Crippen LogP contribution in [0.15, 0.2) is 0 Å². The maximum absolute atomic E-state index is 5.86. The summed E-state index contributed by atoms with van der Waals surface area (Å²) in [5.41, 5.74) is 0.432. The lowest BCUT2D eigenvalue weighted by Gasteiger charge is -2.50. The van der Waals surface area contributed by atoms with Crippen molar-refractivity contribution in [3.8, 4) is 0 Å². The van der Waals surface area contributed by atoms with Crippen molar-refractivity contribution in [3.05, 3.63) is 0 Å². The molecule has 0 radical (unpaired) electrons. The molecule has 3 aliphatic rings. The van der Waals surface area contributed by atoms with E-state index >= 15 is 0 Å². The average Bonchev–Trinajstić information content (AvgIpc) is 3.29. The molecule has 21 heavy (non-hydrogen) atoms. The van der Waals surface area contributed by atoms with Crippen LogP contribution in [0.1, 0.15) is 58.8 Å². The Hall–Kier alpha value is -0.120. The zero-order valence-corrected chi connectivity index (χ0v) is 14.1. The van der Waals surface area contributed by atoms with Crippen LogP contribution in [0.25, 0.3) is 0 Å². The van der Waals surface area contributed by atoms with Gasteiger partial charge < -0.3 is 10.1 Å². The van der Waals surface area contributed by atoms with Gasteiger partial charge in [0.15, 0.2) is 0 Å². The Labute approximate surface area is 130 Å². The molecular weight excluding hydrogens is 260 g/mol. The maximum Gasteiger partial charge on any atom is 0.0593 e. The van der Waals surface area contributed by atoms with Gasteiger partial charge in [0.1, 0.15) is 0 Å². The van der Waals surface area contributed by atoms with Crippen molar-refractivity contribution < 1.29 is 4.74 Å². The first-order chi connectivity index (χ1) is 10.2. The van der Waals surface area contributed by atoms with E-state index in [2.05, 4.69) is 24.1 Å². The van der Waals surface area contributed by atoms with Gasteiger partial charge >= 0.3 is 0 Å². The van der Waals surface area contributed by atoms with Gasteiger partial charge in [0, 0.05) is 37.8 Å². The molecular formula is C18H34N2O. The second-order valence-electron chi connectivity index (χ2n) is 8.07. The largest absolute Gasteiger partial charge is 0.380 e. The van der Waals surface area contributed by atoms with Crippen LogP contribution in [-0.4, -0.2) is 49.3 Å². The fourth-order valence-corrected chi connectivity index (χ4v) is 4.27. The molecule has 0 aromatic rings. The number of hydrogen-bond donors (Lipinski definition) is 1. The SMILES string of the molecule is CC(C)COCCN1CC2(CCCCC2)NCC1C1CC1. The van der Waals surface area contributed by atoms with Crippen molar-refractivity contribution in [2.75, 3.05) is 32.8 Å². The van der Waals surface area contributed by atoms with Crippen molar-refractivity contribution in [3.63, 3.8) is 0 Å². The van der Waals surface area contributed by atoms with Crippen LogP contribution in [0.3, 0.4) is 0 Å². The quantitative estimate of drug-likeness (QED) is 0.762. The van der Waals surface area contributed by atoms with Gasteiger partial charge in [-0.15, -0.1) is 0 Å². The Morgan fingerprint density at radius 2 is 1.95 bits per heavy atom. The molecule has 3 heteroatoms. The normalized spacial score (nSPS) is 30.1. The van der Waals surface area contributed by atoms with Gasteiger partial charge in [-0.05, 0) is 37.5 Å². The van der Waals surface area contributed by atoms with Crippen molar-refractivity contribution >= 4 is 0 Å². The molecule has 122 valence electrons. The molecule has 3 nitrogen and oxygen atoms in total. The summed E-state index contributed by atoms with van der Waals surface area (Å²) in [5, 5.41) is 3.96. The predicted octanol–water partition coefficient (Wildman–Crippen LogP) is 3.05. The van der Waals surface area contributed by atoms with E-state index in [1.165, 1.54) is 58.0 Å². The summed E-state index contributed by atoms with van der Waals surface area (Å²) in [4.78, 5) is 2.78. The van der Waals surface area contributed by atoms with Gasteiger partial charge in [0.2, 0.25) is 0 Å². The topological polar surface area (TPSA) is 24.5 Å². The zero-order chi connectivity index (χ0) is 14.7. The van der Waals surface area contributed by atoms with Crippen LogP contribution < -0.4 is 5.32 Å². The molecule has 0 bridgehead atoms. The standard InChI is InChI=1S/C18H34N2O/c1-15(2)13-21-11-10-20-14-18(8-4-3-5-9-18)19-12-17(20)16-6-7-16/h15-17,19H,3-14H2,1-2H3. The van der Waals surface area contributed by atoms with Gasteiger partial charge in [-0.25, -0.2) is 0 Å². The smallest absolute Gasteiger partial charge is 0.0593 e. The van der Waals surface area contributed by atoms with Crippen LogP contribution in [0.4, 0.5) is 0 Å². The molecule has 0 aromatic carbocycles. The molecule has 2 aliphatic carbocycles. The van der Waals surface area contributed by atoms with Gasteiger partial charge in [-0.1, -0.05) is 33.1 Å². The number of rotatable bonds is 6. The molecule has 2 saturated carbocycles. The van der Waals surface area contributed by atoms with Crippen molar-refractivity contribution in [2.24, 2.45) is 11.8 Å². The van der Waals surface area contributed by atoms with E-state index < -0.39 is 0 Å². The Bertz CT molecular complexity index is 321. The highest BCUT2D eigenvalue weighted by molar-refractivity contribution is 5.03. The lowest BCUT2D eigenvalue weighted by Crippen LogP contribution is -2.65. The van der Waals surface area contributed by atoms with E-state index in [-0.39, 0.29) is 0 Å². The molecule has 1 spiro atoms. The Kier molecular flexibility index (Phi) is 5.23. The first-order valence-corrected chi connectivity index (χ1v) is 9.25. The highest BCUT2D eigenvalue weighted by Crippen LogP contribution is 2.39. The molecule has 0 amide bonds. The van der Waals surface area contributed by atoms with Crippen LogP contribution >= 0.6 is 0 Å². The first kappa shape index (κ1) is 15.8. The molecule has 0 aromatic heterocycles. The van der Waals surface area contributed by atoms with Gasteiger partial charge in [-0.2, -0.15) is 0 Å². The maximum atomic E-state index is 5.86. The fraction of sp³-hybridized carbons (Fsp3) is 1.00. The summed E-state index contributed by atoms with van der Waals surface area (Å²) in [6.07, 6.45) is 9.93. The van der Waals surface area contributed by atoms with Crippen molar-refractivity contribution in [1.29, 1.82) is 0 Å². The minimum Gasteiger partial charge on any atom is -0.380 e. The van der Waals surface area contributed by atoms with E-state index in [0.717, 1.165) is 31.7 Å². The second kappa shape index (κ2) is 6.97. The molecule has 3 fully saturated rings. The van der Waals surface area contributed by atoms with E-state index in [1.54, 1.807) is 0 Å². The molecule has 3 rings (SSSR count). The van der Waals surface area contributed by atoms with E-state index in [1.807, 2.05) is 0 Å². The molecule has 1 unspecified atom stereocenters. The lowest BCUT2D eigenvalue weighted by atomic mass is 9.79. The van der Waals surface area contributed by atoms with Crippen LogP contribution in [0.2, 0.25) is 0 Å². The Morgan fingerprint density at radius 3 is 2.62 bits per heavy atom. The van der Waals surface area contributed by atoms with Crippen LogP contribution in [0.5, 0.6) is 0 Å². The molecule has 1 N–H and O–H groups in total. The number of ether oxygens (including phenoxy) is 1. The van der Waals surface area contributed by atoms with Gasteiger partial charge in [0.05, 0.1) is 6.61 Å². The van der Waals surface area contributed by atoms with E-state index in [9.17, 15) is 0 Å². The fourth-order valence-electron chi connectivity index (χ4n) is 4.27. The molecule has 1 atom stereocenters. The Morgan fingerprint density at radius 1 is 1.19 bits per heavy atom. The van der Waals surface area contributed by atoms with Crippen LogP contribution in [0, 0.1) is 11.8 Å². The van der Waals surface area contributed by atoms with Crippen molar-refractivity contribution in [1.82, 2.24) is 10.2 Å². The third kappa shape index (κ3) is 4.20. The van der Waals surface area contributed by atoms with Gasteiger partial charge in [0.25, 0.3) is 0 Å². The minimum atomic E-state index is 0.432. The lowest BCUT2D eigenvalue weighted by molar-refractivity contribution is 0.0162. The highest BCUT2D eigenvalue weighted by Gasteiger charge is 2.44. The molecule has 1 aliphatic heterocycles.